The number of thioether (sulfide) groups is 1. The molecule has 8 heteroatoms. The monoisotopic (exact) mass is 379 g/mol. The summed E-state index contributed by atoms with van der Waals surface area (Å²) in [7, 11) is 1.57. The van der Waals surface area contributed by atoms with E-state index in [0.717, 1.165) is 11.4 Å². The Bertz CT molecular complexity index is 675. The number of thiazole rings is 1. The molecule has 2 rings (SSSR count). The van der Waals surface area contributed by atoms with Crippen LogP contribution in [0.5, 0.6) is 5.75 Å². The highest BCUT2D eigenvalue weighted by molar-refractivity contribution is 7.98. The molecule has 1 aromatic heterocycles. The van der Waals surface area contributed by atoms with E-state index in [1.54, 1.807) is 48.6 Å². The molecule has 0 aliphatic carbocycles. The number of carbonyl (C=O) groups excluding carboxylic acids is 2. The minimum atomic E-state index is -0.583. The van der Waals surface area contributed by atoms with Gasteiger partial charge in [0, 0.05) is 10.9 Å². The van der Waals surface area contributed by atoms with Crippen LogP contribution >= 0.6 is 23.1 Å². The fourth-order valence-electron chi connectivity index (χ4n) is 2.11. The van der Waals surface area contributed by atoms with Crippen molar-refractivity contribution in [2.75, 3.05) is 19.1 Å². The van der Waals surface area contributed by atoms with Gasteiger partial charge in [-0.25, -0.2) is 4.98 Å². The van der Waals surface area contributed by atoms with E-state index < -0.39 is 6.04 Å². The zero-order valence-corrected chi connectivity index (χ0v) is 15.8. The number of nitrogens with one attached hydrogen (secondary N) is 2. The molecule has 0 fully saturated rings. The molecule has 0 bridgehead atoms. The van der Waals surface area contributed by atoms with Gasteiger partial charge in [0.1, 0.15) is 11.8 Å². The lowest BCUT2D eigenvalue weighted by Gasteiger charge is -2.18. The average molecular weight is 380 g/mol. The Morgan fingerprint density at radius 3 is 2.68 bits per heavy atom. The standard InChI is InChI=1S/C17H21N3O3S2/c1-23-14-5-3-12(4-6-14)16(21)20-15(7-8-24-2)17(22)18-9-13-10-25-11-19-13/h3-6,10-11,15H,7-9H2,1-2H3,(H,18,22)(H,20,21)/t15-/m0/s1. The van der Waals surface area contributed by atoms with Crippen LogP contribution in [0, 0.1) is 0 Å². The second-order valence-electron chi connectivity index (χ2n) is 5.23. The molecular weight excluding hydrogens is 358 g/mol. The molecule has 0 aliphatic rings. The van der Waals surface area contributed by atoms with Crippen molar-refractivity contribution in [3.05, 3.63) is 46.4 Å². The molecule has 134 valence electrons. The third kappa shape index (κ3) is 6.06. The number of hydrogen-bond acceptors (Lipinski definition) is 6. The molecule has 25 heavy (non-hydrogen) atoms. The molecule has 1 aromatic carbocycles. The number of benzene rings is 1. The first-order valence-electron chi connectivity index (χ1n) is 7.72. The maximum atomic E-state index is 12.4. The van der Waals surface area contributed by atoms with E-state index in [9.17, 15) is 9.59 Å². The minimum Gasteiger partial charge on any atom is -0.497 e. The van der Waals surface area contributed by atoms with E-state index in [1.165, 1.54) is 11.3 Å². The second kappa shape index (κ2) is 10.0. The Morgan fingerprint density at radius 2 is 2.08 bits per heavy atom. The van der Waals surface area contributed by atoms with Gasteiger partial charge in [0.2, 0.25) is 5.91 Å². The van der Waals surface area contributed by atoms with Gasteiger partial charge in [0.25, 0.3) is 5.91 Å². The highest BCUT2D eigenvalue weighted by atomic mass is 32.2. The summed E-state index contributed by atoms with van der Waals surface area (Å²) in [6, 6.07) is 6.20. The van der Waals surface area contributed by atoms with Gasteiger partial charge in [-0.3, -0.25) is 9.59 Å². The fraction of sp³-hybridized carbons (Fsp3) is 0.353. The summed E-state index contributed by atoms with van der Waals surface area (Å²) in [5.74, 6) is 0.968. The van der Waals surface area contributed by atoms with Crippen molar-refractivity contribution in [1.29, 1.82) is 0 Å². The van der Waals surface area contributed by atoms with Crippen molar-refractivity contribution in [3.63, 3.8) is 0 Å². The molecule has 0 saturated carbocycles. The first kappa shape index (κ1) is 19.3. The van der Waals surface area contributed by atoms with Crippen LogP contribution in [0.4, 0.5) is 0 Å². The first-order valence-corrected chi connectivity index (χ1v) is 10.1. The lowest BCUT2D eigenvalue weighted by molar-refractivity contribution is -0.123. The van der Waals surface area contributed by atoms with Crippen LogP contribution in [0.15, 0.2) is 35.2 Å². The van der Waals surface area contributed by atoms with Crippen molar-refractivity contribution in [3.8, 4) is 5.75 Å². The van der Waals surface area contributed by atoms with E-state index >= 15 is 0 Å². The Hall–Kier alpha value is -2.06. The quantitative estimate of drug-likeness (QED) is 0.699. The fourth-order valence-corrected chi connectivity index (χ4v) is 3.14. The molecule has 0 radical (unpaired) electrons. The Morgan fingerprint density at radius 1 is 1.32 bits per heavy atom. The summed E-state index contributed by atoms with van der Waals surface area (Å²) < 4.78 is 5.09. The molecule has 0 aliphatic heterocycles. The van der Waals surface area contributed by atoms with Gasteiger partial charge in [-0.1, -0.05) is 0 Å². The van der Waals surface area contributed by atoms with Crippen molar-refractivity contribution in [2.45, 2.75) is 19.0 Å². The smallest absolute Gasteiger partial charge is 0.251 e. The molecule has 2 aromatic rings. The van der Waals surface area contributed by atoms with Crippen LogP contribution in [-0.4, -0.2) is 42.0 Å². The predicted octanol–water partition coefficient (Wildman–Crippen LogP) is 2.32. The van der Waals surface area contributed by atoms with Crippen molar-refractivity contribution < 1.29 is 14.3 Å². The first-order chi connectivity index (χ1) is 12.1. The van der Waals surface area contributed by atoms with Crippen LogP contribution in [0.3, 0.4) is 0 Å². The normalized spacial score (nSPS) is 11.6. The minimum absolute atomic E-state index is 0.205. The largest absolute Gasteiger partial charge is 0.497 e. The number of aromatic nitrogens is 1. The summed E-state index contributed by atoms with van der Waals surface area (Å²) >= 11 is 3.11. The van der Waals surface area contributed by atoms with Gasteiger partial charge >= 0.3 is 0 Å². The highest BCUT2D eigenvalue weighted by Crippen LogP contribution is 2.12. The molecule has 2 amide bonds. The number of carbonyl (C=O) groups is 2. The number of rotatable bonds is 9. The summed E-state index contributed by atoms with van der Waals surface area (Å²) in [6.45, 7) is 0.358. The van der Waals surface area contributed by atoms with E-state index in [2.05, 4.69) is 15.6 Å². The SMILES string of the molecule is COc1ccc(C(=O)N[C@@H](CCSC)C(=O)NCc2cscn2)cc1. The molecule has 0 saturated heterocycles. The van der Waals surface area contributed by atoms with Gasteiger partial charge in [-0.2, -0.15) is 11.8 Å². The maximum Gasteiger partial charge on any atom is 0.251 e. The van der Waals surface area contributed by atoms with Crippen molar-refractivity contribution >= 4 is 34.9 Å². The van der Waals surface area contributed by atoms with E-state index in [1.807, 2.05) is 11.6 Å². The molecular formula is C17H21N3O3S2. The lowest BCUT2D eigenvalue weighted by atomic mass is 10.1. The molecule has 2 N–H and O–H groups in total. The van der Waals surface area contributed by atoms with Gasteiger partial charge in [-0.05, 0) is 42.7 Å². The van der Waals surface area contributed by atoms with E-state index in [4.69, 9.17) is 4.74 Å². The van der Waals surface area contributed by atoms with Crippen LogP contribution in [0.2, 0.25) is 0 Å². The third-order valence-electron chi connectivity index (χ3n) is 3.51. The number of nitrogens with zero attached hydrogens (tertiary/aromatic N) is 1. The third-order valence-corrected chi connectivity index (χ3v) is 4.79. The Kier molecular flexibility index (Phi) is 7.75. The molecule has 1 atom stereocenters. The maximum absolute atomic E-state index is 12.4. The number of hydrogen-bond donors (Lipinski definition) is 2. The summed E-state index contributed by atoms with van der Waals surface area (Å²) in [6.07, 6.45) is 2.53. The number of amides is 2. The Labute approximate surface area is 155 Å². The van der Waals surface area contributed by atoms with Crippen LogP contribution in [0.25, 0.3) is 0 Å². The van der Waals surface area contributed by atoms with Crippen LogP contribution < -0.4 is 15.4 Å². The predicted molar refractivity (Wildman–Crippen MR) is 101 cm³/mol. The number of methoxy groups -OCH3 is 1. The van der Waals surface area contributed by atoms with Gasteiger partial charge in [0.15, 0.2) is 0 Å². The molecule has 1 heterocycles. The van der Waals surface area contributed by atoms with Crippen molar-refractivity contribution in [2.24, 2.45) is 0 Å². The zero-order chi connectivity index (χ0) is 18.1. The zero-order valence-electron chi connectivity index (χ0n) is 14.2. The molecule has 6 nitrogen and oxygen atoms in total. The van der Waals surface area contributed by atoms with Crippen LogP contribution in [-0.2, 0) is 11.3 Å². The van der Waals surface area contributed by atoms with Gasteiger partial charge in [0.05, 0.1) is 24.9 Å². The molecule has 0 spiro atoms. The van der Waals surface area contributed by atoms with Crippen LogP contribution in [0.1, 0.15) is 22.5 Å². The van der Waals surface area contributed by atoms with Crippen molar-refractivity contribution in [1.82, 2.24) is 15.6 Å². The number of ether oxygens (including phenoxy) is 1. The van der Waals surface area contributed by atoms with Gasteiger partial charge in [-0.15, -0.1) is 11.3 Å². The Balaban J connectivity index is 1.97. The lowest BCUT2D eigenvalue weighted by Crippen LogP contribution is -2.46. The average Bonchev–Trinajstić information content (AvgIpc) is 3.16. The second-order valence-corrected chi connectivity index (χ2v) is 6.94. The summed E-state index contributed by atoms with van der Waals surface area (Å²) in [5, 5.41) is 7.52. The van der Waals surface area contributed by atoms with E-state index in [0.29, 0.717) is 24.3 Å². The van der Waals surface area contributed by atoms with Gasteiger partial charge < -0.3 is 15.4 Å². The van der Waals surface area contributed by atoms with E-state index in [-0.39, 0.29) is 11.8 Å². The topological polar surface area (TPSA) is 80.3 Å². The highest BCUT2D eigenvalue weighted by Gasteiger charge is 2.21. The summed E-state index contributed by atoms with van der Waals surface area (Å²) in [5.41, 5.74) is 3.02. The summed E-state index contributed by atoms with van der Waals surface area (Å²) in [4.78, 5) is 29.0. The molecule has 0 unspecified atom stereocenters.